The minimum absolute atomic E-state index is 0.102. The number of halogens is 2. The standard InChI is InChI=1S/C14H14BrFN2O2/c1-7-2-3-17-13(19)12(7)18-6-10-9(14(18)20)4-8(16)5-11(10)15/h4-5,7,12H,2-3,6H2,1H3,(H,17,19). The molecule has 6 heteroatoms. The van der Waals surface area contributed by atoms with Crippen LogP contribution in [0.15, 0.2) is 16.6 Å². The van der Waals surface area contributed by atoms with Gasteiger partial charge in [-0.15, -0.1) is 0 Å². The molecule has 0 saturated carbocycles. The van der Waals surface area contributed by atoms with Gasteiger partial charge in [0.15, 0.2) is 0 Å². The Labute approximate surface area is 124 Å². The molecule has 3 rings (SSSR count). The first-order valence-corrected chi connectivity index (χ1v) is 7.35. The zero-order valence-corrected chi connectivity index (χ0v) is 12.5. The molecule has 20 heavy (non-hydrogen) atoms. The van der Waals surface area contributed by atoms with Gasteiger partial charge in [-0.2, -0.15) is 0 Å². The molecule has 1 aromatic carbocycles. The number of nitrogens with zero attached hydrogens (tertiary/aromatic N) is 1. The van der Waals surface area contributed by atoms with Gasteiger partial charge in [-0.05, 0) is 30.0 Å². The number of hydrogen-bond acceptors (Lipinski definition) is 2. The summed E-state index contributed by atoms with van der Waals surface area (Å²) in [5, 5.41) is 2.79. The third-order valence-electron chi connectivity index (χ3n) is 4.02. The summed E-state index contributed by atoms with van der Waals surface area (Å²) in [4.78, 5) is 26.0. The van der Waals surface area contributed by atoms with Crippen molar-refractivity contribution >= 4 is 27.7 Å². The first-order chi connectivity index (χ1) is 9.49. The molecule has 2 aliphatic rings. The van der Waals surface area contributed by atoms with E-state index < -0.39 is 11.9 Å². The van der Waals surface area contributed by atoms with Crippen molar-refractivity contribution in [3.63, 3.8) is 0 Å². The second-order valence-electron chi connectivity index (χ2n) is 5.35. The highest BCUT2D eigenvalue weighted by Crippen LogP contribution is 2.34. The van der Waals surface area contributed by atoms with Crippen LogP contribution >= 0.6 is 15.9 Å². The van der Waals surface area contributed by atoms with Gasteiger partial charge in [0, 0.05) is 23.1 Å². The maximum absolute atomic E-state index is 13.4. The summed E-state index contributed by atoms with van der Waals surface area (Å²) in [6.07, 6.45) is 0.839. The van der Waals surface area contributed by atoms with Crippen LogP contribution in [0.25, 0.3) is 0 Å². The maximum Gasteiger partial charge on any atom is 0.255 e. The number of carbonyl (C=O) groups excluding carboxylic acids is 2. The number of amides is 2. The SMILES string of the molecule is CC1CCNC(=O)C1N1Cc2c(Br)cc(F)cc2C1=O. The minimum atomic E-state index is -0.474. The quantitative estimate of drug-likeness (QED) is 0.850. The fourth-order valence-corrected chi connectivity index (χ4v) is 3.53. The molecule has 2 aliphatic heterocycles. The zero-order chi connectivity index (χ0) is 14.4. The van der Waals surface area contributed by atoms with Gasteiger partial charge >= 0.3 is 0 Å². The second kappa shape index (κ2) is 4.84. The molecule has 2 atom stereocenters. The predicted octanol–water partition coefficient (Wildman–Crippen LogP) is 2.07. The van der Waals surface area contributed by atoms with Crippen molar-refractivity contribution in [3.8, 4) is 0 Å². The Hall–Kier alpha value is -1.43. The average molecular weight is 341 g/mol. The van der Waals surface area contributed by atoms with Gasteiger partial charge in [0.1, 0.15) is 11.9 Å². The number of rotatable bonds is 1. The van der Waals surface area contributed by atoms with Crippen LogP contribution in [0.4, 0.5) is 4.39 Å². The Bertz CT molecular complexity index is 605. The van der Waals surface area contributed by atoms with Crippen molar-refractivity contribution in [2.24, 2.45) is 5.92 Å². The van der Waals surface area contributed by atoms with Gasteiger partial charge in [-0.1, -0.05) is 22.9 Å². The third kappa shape index (κ3) is 2.02. The fraction of sp³-hybridized carbons (Fsp3) is 0.429. The Morgan fingerprint density at radius 3 is 2.85 bits per heavy atom. The first kappa shape index (κ1) is 13.5. The van der Waals surface area contributed by atoms with E-state index in [0.29, 0.717) is 23.1 Å². The van der Waals surface area contributed by atoms with E-state index in [1.54, 1.807) is 4.90 Å². The topological polar surface area (TPSA) is 49.4 Å². The van der Waals surface area contributed by atoms with Crippen LogP contribution in [0.5, 0.6) is 0 Å². The summed E-state index contributed by atoms with van der Waals surface area (Å²) < 4.78 is 14.0. The van der Waals surface area contributed by atoms with E-state index in [9.17, 15) is 14.0 Å². The van der Waals surface area contributed by atoms with E-state index in [0.717, 1.165) is 12.0 Å². The van der Waals surface area contributed by atoms with Crippen molar-refractivity contribution in [2.45, 2.75) is 25.9 Å². The van der Waals surface area contributed by atoms with Crippen LogP contribution in [0.1, 0.15) is 29.3 Å². The monoisotopic (exact) mass is 340 g/mol. The lowest BCUT2D eigenvalue weighted by molar-refractivity contribution is -0.129. The lowest BCUT2D eigenvalue weighted by Gasteiger charge is -2.35. The van der Waals surface area contributed by atoms with Crippen molar-refractivity contribution in [3.05, 3.63) is 33.5 Å². The van der Waals surface area contributed by atoms with Gasteiger partial charge in [0.2, 0.25) is 5.91 Å². The Kier molecular flexibility index (Phi) is 3.28. The smallest absolute Gasteiger partial charge is 0.255 e. The highest BCUT2D eigenvalue weighted by Gasteiger charge is 2.41. The van der Waals surface area contributed by atoms with Gasteiger partial charge in [0.25, 0.3) is 5.91 Å². The van der Waals surface area contributed by atoms with Crippen LogP contribution in [0.3, 0.4) is 0 Å². The largest absolute Gasteiger partial charge is 0.354 e. The lowest BCUT2D eigenvalue weighted by atomic mass is 9.93. The molecule has 106 valence electrons. The number of benzene rings is 1. The minimum Gasteiger partial charge on any atom is -0.354 e. The highest BCUT2D eigenvalue weighted by molar-refractivity contribution is 9.10. The Morgan fingerprint density at radius 1 is 1.40 bits per heavy atom. The van der Waals surface area contributed by atoms with Crippen molar-refractivity contribution in [1.82, 2.24) is 10.2 Å². The number of nitrogens with one attached hydrogen (secondary N) is 1. The molecular weight excluding hydrogens is 327 g/mol. The van der Waals surface area contributed by atoms with E-state index in [4.69, 9.17) is 0 Å². The second-order valence-corrected chi connectivity index (χ2v) is 6.20. The highest BCUT2D eigenvalue weighted by atomic mass is 79.9. The van der Waals surface area contributed by atoms with E-state index >= 15 is 0 Å². The molecule has 0 bridgehead atoms. The van der Waals surface area contributed by atoms with Crippen LogP contribution in [-0.4, -0.2) is 29.3 Å². The van der Waals surface area contributed by atoms with Crippen molar-refractivity contribution in [1.29, 1.82) is 0 Å². The summed E-state index contributed by atoms with van der Waals surface area (Å²) in [5.74, 6) is -0.742. The summed E-state index contributed by atoms with van der Waals surface area (Å²) in [6, 6.07) is 2.12. The molecule has 2 amide bonds. The Balaban J connectivity index is 1.97. The summed E-state index contributed by atoms with van der Waals surface area (Å²) >= 11 is 3.29. The first-order valence-electron chi connectivity index (χ1n) is 6.55. The normalized spacial score (nSPS) is 25.6. The van der Waals surface area contributed by atoms with E-state index in [-0.39, 0.29) is 17.7 Å². The molecule has 1 saturated heterocycles. The molecule has 0 aromatic heterocycles. The maximum atomic E-state index is 13.4. The van der Waals surface area contributed by atoms with Gasteiger partial charge in [-0.25, -0.2) is 4.39 Å². The van der Waals surface area contributed by atoms with Crippen molar-refractivity contribution < 1.29 is 14.0 Å². The van der Waals surface area contributed by atoms with E-state index in [1.165, 1.54) is 12.1 Å². The summed E-state index contributed by atoms with van der Waals surface area (Å²) in [5.41, 5.74) is 1.10. The molecule has 1 fully saturated rings. The predicted molar refractivity (Wildman–Crippen MR) is 74.6 cm³/mol. The van der Waals surface area contributed by atoms with Crippen LogP contribution in [0.2, 0.25) is 0 Å². The van der Waals surface area contributed by atoms with Crippen LogP contribution < -0.4 is 5.32 Å². The van der Waals surface area contributed by atoms with Crippen molar-refractivity contribution in [2.75, 3.05) is 6.54 Å². The van der Waals surface area contributed by atoms with Gasteiger partial charge in [-0.3, -0.25) is 9.59 Å². The third-order valence-corrected chi connectivity index (χ3v) is 4.73. The molecule has 1 N–H and O–H groups in total. The Morgan fingerprint density at radius 2 is 2.15 bits per heavy atom. The van der Waals surface area contributed by atoms with Gasteiger partial charge < -0.3 is 10.2 Å². The molecular formula is C14H14BrFN2O2. The molecule has 0 spiro atoms. The molecule has 0 aliphatic carbocycles. The van der Waals surface area contributed by atoms with E-state index in [2.05, 4.69) is 21.2 Å². The van der Waals surface area contributed by atoms with Gasteiger partial charge in [0.05, 0.1) is 0 Å². The molecule has 2 unspecified atom stereocenters. The summed E-state index contributed by atoms with van der Waals surface area (Å²) in [6.45, 7) is 2.95. The summed E-state index contributed by atoms with van der Waals surface area (Å²) in [7, 11) is 0. The molecule has 1 aromatic rings. The van der Waals surface area contributed by atoms with E-state index in [1.807, 2.05) is 6.92 Å². The molecule has 4 nitrogen and oxygen atoms in total. The number of hydrogen-bond donors (Lipinski definition) is 1. The number of piperidine rings is 1. The number of carbonyl (C=O) groups is 2. The zero-order valence-electron chi connectivity index (χ0n) is 11.0. The van der Waals surface area contributed by atoms with Crippen LogP contribution in [-0.2, 0) is 11.3 Å². The molecule has 2 heterocycles. The fourth-order valence-electron chi connectivity index (χ4n) is 2.97. The average Bonchev–Trinajstić information content (AvgIpc) is 2.68. The number of fused-ring (bicyclic) bond motifs is 1. The lowest BCUT2D eigenvalue weighted by Crippen LogP contribution is -2.54. The molecule has 0 radical (unpaired) electrons. The van der Waals surface area contributed by atoms with Crippen LogP contribution in [0, 0.1) is 11.7 Å².